The van der Waals surface area contributed by atoms with Crippen LogP contribution in [-0.4, -0.2) is 36.6 Å². The Hall–Kier alpha value is -0.620. The van der Waals surface area contributed by atoms with Crippen molar-refractivity contribution in [2.45, 2.75) is 12.7 Å². The van der Waals surface area contributed by atoms with Crippen molar-refractivity contribution in [3.63, 3.8) is 0 Å². The van der Waals surface area contributed by atoms with Crippen LogP contribution in [0.5, 0.6) is 5.75 Å². The van der Waals surface area contributed by atoms with Gasteiger partial charge in [0.2, 0.25) is 0 Å². The molecule has 0 radical (unpaired) electrons. The quantitative estimate of drug-likeness (QED) is 0.830. The molecule has 1 aromatic rings. The Kier molecular flexibility index (Phi) is 5.76. The zero-order valence-electron chi connectivity index (χ0n) is 9.02. The van der Waals surface area contributed by atoms with Gasteiger partial charge in [0.25, 0.3) is 0 Å². The molecule has 0 bridgehead atoms. The first kappa shape index (κ1) is 13.4. The van der Waals surface area contributed by atoms with Gasteiger partial charge in [-0.05, 0) is 33.6 Å². The van der Waals surface area contributed by atoms with Gasteiger partial charge in [-0.1, -0.05) is 6.07 Å². The van der Waals surface area contributed by atoms with Crippen LogP contribution in [0.15, 0.2) is 22.7 Å². The van der Waals surface area contributed by atoms with Crippen LogP contribution >= 0.6 is 15.9 Å². The molecule has 90 valence electrons. The van der Waals surface area contributed by atoms with E-state index in [4.69, 9.17) is 14.6 Å². The highest BCUT2D eigenvalue weighted by molar-refractivity contribution is 9.10. The van der Waals surface area contributed by atoms with Crippen molar-refractivity contribution in [1.82, 2.24) is 0 Å². The topological polar surface area (TPSA) is 58.9 Å². The van der Waals surface area contributed by atoms with Gasteiger partial charge in [-0.3, -0.25) is 0 Å². The van der Waals surface area contributed by atoms with E-state index in [0.717, 1.165) is 10.0 Å². The zero-order chi connectivity index (χ0) is 12.0. The molecule has 0 aliphatic carbocycles. The monoisotopic (exact) mass is 290 g/mol. The maximum Gasteiger partial charge on any atom is 0.133 e. The number of methoxy groups -OCH3 is 1. The fourth-order valence-electron chi connectivity index (χ4n) is 1.19. The third-order valence-electron chi connectivity index (χ3n) is 1.97. The Morgan fingerprint density at radius 3 is 2.69 bits per heavy atom. The molecular weight excluding hydrogens is 276 g/mol. The summed E-state index contributed by atoms with van der Waals surface area (Å²) in [6, 6.07) is 5.29. The lowest BCUT2D eigenvalue weighted by Crippen LogP contribution is -2.22. The van der Waals surface area contributed by atoms with Gasteiger partial charge in [-0.15, -0.1) is 0 Å². The average Bonchev–Trinajstić information content (AvgIpc) is 2.27. The molecule has 0 aromatic heterocycles. The van der Waals surface area contributed by atoms with E-state index in [-0.39, 0.29) is 19.8 Å². The summed E-state index contributed by atoms with van der Waals surface area (Å²) in [6.45, 7) is 0.405. The summed E-state index contributed by atoms with van der Waals surface area (Å²) in [4.78, 5) is 0. The SMILES string of the molecule is COCC(O)COc1ccc(CO)cc1Br. The van der Waals surface area contributed by atoms with Gasteiger partial charge in [0.1, 0.15) is 18.5 Å². The van der Waals surface area contributed by atoms with Gasteiger partial charge >= 0.3 is 0 Å². The minimum absolute atomic E-state index is 0.00875. The van der Waals surface area contributed by atoms with Crippen LogP contribution in [0.4, 0.5) is 0 Å². The smallest absolute Gasteiger partial charge is 0.133 e. The molecule has 0 amide bonds. The van der Waals surface area contributed by atoms with Crippen molar-refractivity contribution in [3.05, 3.63) is 28.2 Å². The second-order valence-corrected chi connectivity index (χ2v) is 4.20. The largest absolute Gasteiger partial charge is 0.490 e. The van der Waals surface area contributed by atoms with E-state index in [0.29, 0.717) is 5.75 Å². The van der Waals surface area contributed by atoms with Gasteiger partial charge < -0.3 is 19.7 Å². The minimum atomic E-state index is -0.644. The number of hydrogen-bond acceptors (Lipinski definition) is 4. The van der Waals surface area contributed by atoms with E-state index in [1.54, 1.807) is 18.2 Å². The molecule has 0 fully saturated rings. The van der Waals surface area contributed by atoms with Crippen LogP contribution in [0.3, 0.4) is 0 Å². The Balaban J connectivity index is 2.54. The molecule has 1 rings (SSSR count). The second-order valence-electron chi connectivity index (χ2n) is 3.34. The van der Waals surface area contributed by atoms with Crippen molar-refractivity contribution < 1.29 is 19.7 Å². The maximum absolute atomic E-state index is 9.40. The highest BCUT2D eigenvalue weighted by Crippen LogP contribution is 2.26. The summed E-state index contributed by atoms with van der Waals surface area (Å²) in [6.07, 6.45) is -0.644. The predicted octanol–water partition coefficient (Wildman–Crippen LogP) is 1.33. The molecule has 4 nitrogen and oxygen atoms in total. The fraction of sp³-hybridized carbons (Fsp3) is 0.455. The Bertz CT molecular complexity index is 330. The van der Waals surface area contributed by atoms with Gasteiger partial charge in [0.05, 0.1) is 17.7 Å². The summed E-state index contributed by atoms with van der Waals surface area (Å²) in [5.74, 6) is 0.632. The summed E-state index contributed by atoms with van der Waals surface area (Å²) in [5.41, 5.74) is 0.802. The Labute approximate surface area is 103 Å². The van der Waals surface area contributed by atoms with E-state index in [1.165, 1.54) is 7.11 Å². The molecule has 0 aliphatic heterocycles. The number of aliphatic hydroxyl groups is 2. The third-order valence-corrected chi connectivity index (χ3v) is 2.59. The lowest BCUT2D eigenvalue weighted by molar-refractivity contribution is 0.0323. The van der Waals surface area contributed by atoms with Crippen molar-refractivity contribution in [3.8, 4) is 5.75 Å². The lowest BCUT2D eigenvalue weighted by atomic mass is 10.2. The summed E-state index contributed by atoms with van der Waals surface area (Å²) in [7, 11) is 1.52. The number of aliphatic hydroxyl groups excluding tert-OH is 2. The summed E-state index contributed by atoms with van der Waals surface area (Å²) >= 11 is 3.33. The van der Waals surface area contributed by atoms with Crippen molar-refractivity contribution in [1.29, 1.82) is 0 Å². The molecule has 0 saturated heterocycles. The van der Waals surface area contributed by atoms with E-state index in [9.17, 15) is 5.11 Å². The predicted molar refractivity (Wildman–Crippen MR) is 63.4 cm³/mol. The molecule has 1 aromatic carbocycles. The van der Waals surface area contributed by atoms with Crippen LogP contribution in [0.1, 0.15) is 5.56 Å². The van der Waals surface area contributed by atoms with Gasteiger partial charge in [0.15, 0.2) is 0 Å². The number of halogens is 1. The number of ether oxygens (including phenoxy) is 2. The average molecular weight is 291 g/mol. The second kappa shape index (κ2) is 6.85. The zero-order valence-corrected chi connectivity index (χ0v) is 10.6. The molecule has 0 aliphatic rings. The van der Waals surface area contributed by atoms with Crippen molar-refractivity contribution in [2.75, 3.05) is 20.3 Å². The first-order chi connectivity index (χ1) is 7.67. The fourth-order valence-corrected chi connectivity index (χ4v) is 1.73. The van der Waals surface area contributed by atoms with Crippen molar-refractivity contribution in [2.24, 2.45) is 0 Å². The normalized spacial score (nSPS) is 12.5. The highest BCUT2D eigenvalue weighted by Gasteiger charge is 2.07. The molecule has 1 atom stereocenters. The van der Waals surface area contributed by atoms with Crippen LogP contribution in [0.25, 0.3) is 0 Å². The molecule has 1 unspecified atom stereocenters. The number of hydrogen-bond donors (Lipinski definition) is 2. The van der Waals surface area contributed by atoms with Crippen LogP contribution in [-0.2, 0) is 11.3 Å². The molecule has 0 heterocycles. The first-order valence-electron chi connectivity index (χ1n) is 4.86. The number of benzene rings is 1. The van der Waals surface area contributed by atoms with E-state index >= 15 is 0 Å². The minimum Gasteiger partial charge on any atom is -0.490 e. The molecule has 0 spiro atoms. The molecule has 0 saturated carbocycles. The molecule has 16 heavy (non-hydrogen) atoms. The van der Waals surface area contributed by atoms with Gasteiger partial charge in [-0.2, -0.15) is 0 Å². The highest BCUT2D eigenvalue weighted by atomic mass is 79.9. The maximum atomic E-state index is 9.40. The van der Waals surface area contributed by atoms with E-state index in [2.05, 4.69) is 15.9 Å². The van der Waals surface area contributed by atoms with Crippen LogP contribution in [0.2, 0.25) is 0 Å². The summed E-state index contributed by atoms with van der Waals surface area (Å²) < 4.78 is 10.9. The van der Waals surface area contributed by atoms with E-state index in [1.807, 2.05) is 0 Å². The van der Waals surface area contributed by atoms with Crippen LogP contribution < -0.4 is 4.74 Å². The lowest BCUT2D eigenvalue weighted by Gasteiger charge is -2.12. The Morgan fingerprint density at radius 2 is 2.12 bits per heavy atom. The Morgan fingerprint density at radius 1 is 1.38 bits per heavy atom. The van der Waals surface area contributed by atoms with Gasteiger partial charge in [-0.25, -0.2) is 0 Å². The van der Waals surface area contributed by atoms with Crippen LogP contribution in [0, 0.1) is 0 Å². The summed E-state index contributed by atoms with van der Waals surface area (Å²) in [5, 5.41) is 18.3. The first-order valence-corrected chi connectivity index (χ1v) is 5.65. The van der Waals surface area contributed by atoms with E-state index < -0.39 is 6.10 Å². The molecule has 2 N–H and O–H groups in total. The molecular formula is C11H15BrO4. The van der Waals surface area contributed by atoms with Gasteiger partial charge in [0, 0.05) is 7.11 Å². The number of rotatable bonds is 6. The standard InChI is InChI=1S/C11H15BrO4/c1-15-6-9(14)7-16-11-3-2-8(5-13)4-10(11)12/h2-4,9,13-14H,5-7H2,1H3. The third kappa shape index (κ3) is 4.09. The molecule has 5 heteroatoms. The van der Waals surface area contributed by atoms with Crippen molar-refractivity contribution >= 4 is 15.9 Å².